The molecule has 12 nitrogen and oxygen atoms in total. The molecule has 1 amide bonds. The van der Waals surface area contributed by atoms with Gasteiger partial charge in [0.05, 0.1) is 16.5 Å². The van der Waals surface area contributed by atoms with Gasteiger partial charge in [-0.15, -0.1) is 0 Å². The first-order chi connectivity index (χ1) is 17.6. The number of hydrogen-bond acceptors (Lipinski definition) is 8. The Morgan fingerprint density at radius 2 is 1.68 bits per heavy atom. The maximum Gasteiger partial charge on any atom is 0.275 e. The van der Waals surface area contributed by atoms with E-state index in [0.29, 0.717) is 27.8 Å². The third-order valence-electron chi connectivity index (χ3n) is 5.00. The maximum atomic E-state index is 12.7. The van der Waals surface area contributed by atoms with E-state index < -0.39 is 15.9 Å². The average molecular weight is 539 g/mol. The van der Waals surface area contributed by atoms with Crippen LogP contribution >= 0.6 is 12.2 Å². The van der Waals surface area contributed by atoms with Gasteiger partial charge in [-0.1, -0.05) is 18.2 Å². The van der Waals surface area contributed by atoms with Gasteiger partial charge in [0.15, 0.2) is 5.11 Å². The van der Waals surface area contributed by atoms with Gasteiger partial charge in [0.2, 0.25) is 5.95 Å². The molecule has 0 saturated carbocycles. The standard InChI is InChI=1S/C23H22N8O4S2/c1-14-11-15(2)26-22(25-14)30-37(34,35)18-9-7-17(8-10-18)27-23(36)29-28-20(32)13-31-21(33)19-6-4-3-5-16(19)12-24-31/h3-12H,13H2,1-2H3,(H,28,32)(H,25,26,30)(H2,27,29,36). The monoisotopic (exact) mass is 538 g/mol. The van der Waals surface area contributed by atoms with Gasteiger partial charge in [0.1, 0.15) is 6.54 Å². The molecule has 0 fully saturated rings. The van der Waals surface area contributed by atoms with E-state index in [1.807, 2.05) is 0 Å². The number of hydrogen-bond donors (Lipinski definition) is 4. The molecule has 4 N–H and O–H groups in total. The van der Waals surface area contributed by atoms with Crippen molar-refractivity contribution in [3.05, 3.63) is 82.5 Å². The number of hydrazine groups is 1. The number of rotatable bonds is 6. The van der Waals surface area contributed by atoms with E-state index in [9.17, 15) is 18.0 Å². The van der Waals surface area contributed by atoms with Gasteiger partial charge >= 0.3 is 0 Å². The fraction of sp³-hybridized carbons (Fsp3) is 0.130. The number of thiocarbonyl (C=S) groups is 1. The molecule has 2 aromatic heterocycles. The molecule has 0 saturated heterocycles. The van der Waals surface area contributed by atoms with Crippen molar-refractivity contribution in [1.29, 1.82) is 0 Å². The van der Waals surface area contributed by atoms with E-state index in [-0.39, 0.29) is 28.1 Å². The highest BCUT2D eigenvalue weighted by Crippen LogP contribution is 2.17. The van der Waals surface area contributed by atoms with Crippen LogP contribution in [0.25, 0.3) is 10.8 Å². The number of nitrogens with zero attached hydrogens (tertiary/aromatic N) is 4. The minimum absolute atomic E-state index is 0.00122. The molecule has 0 aliphatic heterocycles. The first-order valence-electron chi connectivity index (χ1n) is 10.9. The number of carbonyl (C=O) groups excluding carboxylic acids is 1. The molecule has 0 aliphatic rings. The van der Waals surface area contributed by atoms with Crippen molar-refractivity contribution in [1.82, 2.24) is 30.6 Å². The van der Waals surface area contributed by atoms with Crippen molar-refractivity contribution in [2.75, 3.05) is 10.0 Å². The summed E-state index contributed by atoms with van der Waals surface area (Å²) in [5.74, 6) is -0.558. The quantitative estimate of drug-likeness (QED) is 0.210. The number of fused-ring (bicyclic) bond motifs is 1. The molecular weight excluding hydrogens is 516 g/mol. The Bertz CT molecular complexity index is 1630. The first-order valence-corrected chi connectivity index (χ1v) is 12.8. The molecule has 0 bridgehead atoms. The molecule has 2 aromatic carbocycles. The van der Waals surface area contributed by atoms with Gasteiger partial charge in [-0.25, -0.2) is 27.8 Å². The van der Waals surface area contributed by atoms with Crippen LogP contribution in [0.1, 0.15) is 11.4 Å². The van der Waals surface area contributed by atoms with E-state index in [4.69, 9.17) is 12.2 Å². The Morgan fingerprint density at radius 1 is 1.00 bits per heavy atom. The van der Waals surface area contributed by atoms with Gasteiger partial charge in [0, 0.05) is 22.5 Å². The van der Waals surface area contributed by atoms with Crippen LogP contribution in [0.3, 0.4) is 0 Å². The zero-order chi connectivity index (χ0) is 26.6. The number of aryl methyl sites for hydroxylation is 2. The second kappa shape index (κ2) is 10.7. The SMILES string of the molecule is Cc1cc(C)nc(NS(=O)(=O)c2ccc(NC(=S)NNC(=O)Cn3ncc4ccccc4c3=O)cc2)n1. The van der Waals surface area contributed by atoms with Crippen LogP contribution in [0.5, 0.6) is 0 Å². The number of nitrogens with one attached hydrogen (secondary N) is 4. The maximum absolute atomic E-state index is 12.7. The smallest absolute Gasteiger partial charge is 0.275 e. The van der Waals surface area contributed by atoms with E-state index in [0.717, 1.165) is 4.68 Å². The van der Waals surface area contributed by atoms with Crippen LogP contribution < -0.4 is 26.4 Å². The summed E-state index contributed by atoms with van der Waals surface area (Å²) in [5, 5.41) is 8.01. The predicted octanol–water partition coefficient (Wildman–Crippen LogP) is 1.62. The average Bonchev–Trinajstić information content (AvgIpc) is 2.84. The zero-order valence-electron chi connectivity index (χ0n) is 19.7. The second-order valence-electron chi connectivity index (χ2n) is 7.93. The van der Waals surface area contributed by atoms with Crippen LogP contribution in [0.2, 0.25) is 0 Å². The summed E-state index contributed by atoms with van der Waals surface area (Å²) < 4.78 is 28.7. The summed E-state index contributed by atoms with van der Waals surface area (Å²) in [5.41, 5.74) is 6.27. The van der Waals surface area contributed by atoms with E-state index in [1.165, 1.54) is 30.5 Å². The van der Waals surface area contributed by atoms with Crippen LogP contribution in [0.15, 0.2) is 70.5 Å². The molecule has 0 aliphatic carbocycles. The minimum atomic E-state index is -3.90. The lowest BCUT2D eigenvalue weighted by atomic mass is 10.2. The van der Waals surface area contributed by atoms with E-state index in [2.05, 4.69) is 36.0 Å². The number of sulfonamides is 1. The van der Waals surface area contributed by atoms with E-state index >= 15 is 0 Å². The van der Waals surface area contributed by atoms with Crippen molar-refractivity contribution in [3.63, 3.8) is 0 Å². The predicted molar refractivity (Wildman–Crippen MR) is 142 cm³/mol. The molecule has 0 atom stereocenters. The van der Waals surface area contributed by atoms with Crippen molar-refractivity contribution < 1.29 is 13.2 Å². The fourth-order valence-corrected chi connectivity index (χ4v) is 4.49. The zero-order valence-corrected chi connectivity index (χ0v) is 21.4. The lowest BCUT2D eigenvalue weighted by Crippen LogP contribution is -2.46. The highest BCUT2D eigenvalue weighted by molar-refractivity contribution is 7.92. The van der Waals surface area contributed by atoms with Crippen molar-refractivity contribution in [2.24, 2.45) is 0 Å². The molecular formula is C23H22N8O4S2. The Morgan fingerprint density at radius 3 is 2.38 bits per heavy atom. The number of aromatic nitrogens is 4. The molecule has 14 heteroatoms. The van der Waals surface area contributed by atoms with Gasteiger partial charge in [-0.3, -0.25) is 20.4 Å². The highest BCUT2D eigenvalue weighted by atomic mass is 32.2. The summed E-state index contributed by atoms with van der Waals surface area (Å²) in [6.45, 7) is 3.17. The summed E-state index contributed by atoms with van der Waals surface area (Å²) >= 11 is 5.16. The van der Waals surface area contributed by atoms with Crippen LogP contribution in [0, 0.1) is 13.8 Å². The van der Waals surface area contributed by atoms with Gasteiger partial charge in [-0.2, -0.15) is 5.10 Å². The van der Waals surface area contributed by atoms with Crippen LogP contribution in [-0.2, 0) is 21.4 Å². The Hall–Kier alpha value is -4.43. The molecule has 4 rings (SSSR count). The summed E-state index contributed by atoms with van der Waals surface area (Å²) in [7, 11) is -3.90. The minimum Gasteiger partial charge on any atom is -0.331 e. The number of amides is 1. The number of benzene rings is 2. The fourth-order valence-electron chi connectivity index (χ4n) is 3.37. The third-order valence-corrected chi connectivity index (χ3v) is 6.55. The Balaban J connectivity index is 1.32. The molecule has 2 heterocycles. The van der Waals surface area contributed by atoms with Gasteiger partial charge in [0.25, 0.3) is 21.5 Å². The normalized spacial score (nSPS) is 11.1. The van der Waals surface area contributed by atoms with Crippen molar-refractivity contribution in [3.8, 4) is 0 Å². The topological polar surface area (TPSA) is 160 Å². The lowest BCUT2D eigenvalue weighted by molar-refractivity contribution is -0.122. The highest BCUT2D eigenvalue weighted by Gasteiger charge is 2.16. The molecule has 0 radical (unpaired) electrons. The Kier molecular flexibility index (Phi) is 7.40. The van der Waals surface area contributed by atoms with E-state index in [1.54, 1.807) is 44.2 Å². The first kappa shape index (κ1) is 25.7. The number of anilines is 2. The van der Waals surface area contributed by atoms with Gasteiger partial charge in [-0.05, 0) is 62.5 Å². The van der Waals surface area contributed by atoms with Crippen LogP contribution in [0.4, 0.5) is 11.6 Å². The summed E-state index contributed by atoms with van der Waals surface area (Å²) in [6.07, 6.45) is 1.51. The van der Waals surface area contributed by atoms with Crippen molar-refractivity contribution in [2.45, 2.75) is 25.3 Å². The summed E-state index contributed by atoms with van der Waals surface area (Å²) in [4.78, 5) is 32.9. The van der Waals surface area contributed by atoms with Gasteiger partial charge < -0.3 is 5.32 Å². The third kappa shape index (κ3) is 6.42. The molecule has 37 heavy (non-hydrogen) atoms. The largest absolute Gasteiger partial charge is 0.331 e. The lowest BCUT2D eigenvalue weighted by Gasteiger charge is -2.13. The second-order valence-corrected chi connectivity index (χ2v) is 10.0. The molecule has 190 valence electrons. The molecule has 0 unspecified atom stereocenters. The molecule has 4 aromatic rings. The Labute approximate surface area is 217 Å². The van der Waals surface area contributed by atoms with Crippen molar-refractivity contribution >= 4 is 55.7 Å². The van der Waals surface area contributed by atoms with Crippen LogP contribution in [-0.4, -0.2) is 39.2 Å². The number of carbonyl (C=O) groups is 1. The summed E-state index contributed by atoms with van der Waals surface area (Å²) in [6, 6.07) is 14.5. The molecule has 0 spiro atoms.